The fraction of sp³-hybridized carbons (Fsp3) is 0.318. The molecule has 0 atom stereocenters. The summed E-state index contributed by atoms with van der Waals surface area (Å²) in [6.07, 6.45) is 3.83. The van der Waals surface area contributed by atoms with Crippen molar-refractivity contribution in [2.24, 2.45) is 5.92 Å². The van der Waals surface area contributed by atoms with Gasteiger partial charge in [-0.3, -0.25) is 9.78 Å². The van der Waals surface area contributed by atoms with Crippen LogP contribution in [0.3, 0.4) is 0 Å². The Labute approximate surface area is 164 Å². The van der Waals surface area contributed by atoms with Crippen molar-refractivity contribution >= 4 is 28.4 Å². The van der Waals surface area contributed by atoms with Gasteiger partial charge in [0.15, 0.2) is 0 Å². The number of piperidine rings is 1. The normalized spacial score (nSPS) is 15.3. The van der Waals surface area contributed by atoms with E-state index in [-0.39, 0.29) is 5.91 Å². The van der Waals surface area contributed by atoms with Crippen LogP contribution in [0.2, 0.25) is 5.02 Å². The van der Waals surface area contributed by atoms with Crippen LogP contribution >= 0.6 is 11.6 Å². The predicted molar refractivity (Wildman–Crippen MR) is 109 cm³/mol. The first-order valence-corrected chi connectivity index (χ1v) is 9.73. The molecule has 5 heteroatoms. The number of aryl methyl sites for hydroxylation is 1. The minimum absolute atomic E-state index is 0.0632. The van der Waals surface area contributed by atoms with E-state index in [0.29, 0.717) is 22.2 Å². The molecule has 1 aliphatic rings. The summed E-state index contributed by atoms with van der Waals surface area (Å²) >= 11 is 6.33. The van der Waals surface area contributed by atoms with Gasteiger partial charge < -0.3 is 4.90 Å². The molecule has 4 rings (SSSR count). The van der Waals surface area contributed by atoms with Crippen molar-refractivity contribution < 1.29 is 4.79 Å². The number of rotatable bonds is 2. The molecule has 138 valence electrons. The number of amides is 1. The molecule has 1 saturated heterocycles. The van der Waals surface area contributed by atoms with E-state index in [0.717, 1.165) is 48.1 Å². The zero-order valence-corrected chi connectivity index (χ0v) is 16.3. The van der Waals surface area contributed by atoms with E-state index in [1.807, 2.05) is 48.2 Å². The summed E-state index contributed by atoms with van der Waals surface area (Å²) in [5.74, 6) is 0.738. The molecule has 27 heavy (non-hydrogen) atoms. The number of carbonyl (C=O) groups is 1. The lowest BCUT2D eigenvalue weighted by molar-refractivity contribution is 0.0699. The van der Waals surface area contributed by atoms with Gasteiger partial charge in [0.25, 0.3) is 5.91 Å². The molecule has 1 amide bonds. The van der Waals surface area contributed by atoms with Crippen LogP contribution in [0, 0.1) is 12.8 Å². The van der Waals surface area contributed by atoms with Gasteiger partial charge in [-0.2, -0.15) is 0 Å². The quantitative estimate of drug-likeness (QED) is 0.620. The minimum Gasteiger partial charge on any atom is -0.339 e. The summed E-state index contributed by atoms with van der Waals surface area (Å²) in [7, 11) is 0. The number of hydrogen-bond donors (Lipinski definition) is 0. The highest BCUT2D eigenvalue weighted by Gasteiger charge is 2.24. The molecule has 1 aliphatic heterocycles. The third kappa shape index (κ3) is 3.42. The first-order chi connectivity index (χ1) is 13.0. The summed E-state index contributed by atoms with van der Waals surface area (Å²) in [6, 6.07) is 11.3. The molecule has 1 fully saturated rings. The first kappa shape index (κ1) is 17.9. The Morgan fingerprint density at radius 1 is 1.15 bits per heavy atom. The smallest absolute Gasteiger partial charge is 0.254 e. The van der Waals surface area contributed by atoms with Crippen molar-refractivity contribution in [2.45, 2.75) is 26.7 Å². The van der Waals surface area contributed by atoms with E-state index in [2.05, 4.69) is 11.9 Å². The van der Waals surface area contributed by atoms with Crippen LogP contribution in [-0.4, -0.2) is 33.9 Å². The zero-order chi connectivity index (χ0) is 19.0. The summed E-state index contributed by atoms with van der Waals surface area (Å²) < 4.78 is 0. The van der Waals surface area contributed by atoms with Gasteiger partial charge in [0.05, 0.1) is 22.5 Å². The average molecular weight is 380 g/mol. The van der Waals surface area contributed by atoms with Gasteiger partial charge in [0.1, 0.15) is 0 Å². The molecule has 3 heterocycles. The molecule has 2 aromatic heterocycles. The maximum atomic E-state index is 13.3. The van der Waals surface area contributed by atoms with Crippen LogP contribution in [0.5, 0.6) is 0 Å². The standard InChI is InChI=1S/C22H22ClN3O/c1-14-8-11-26(12-9-14)22(27)17-13-20(19-5-3-4-10-24-19)25-21-15(2)18(23)7-6-16(17)21/h3-7,10,13-14H,8-9,11-12H2,1-2H3. The third-order valence-electron chi connectivity index (χ3n) is 5.40. The van der Waals surface area contributed by atoms with Gasteiger partial charge in [0.2, 0.25) is 0 Å². The van der Waals surface area contributed by atoms with Crippen molar-refractivity contribution in [1.82, 2.24) is 14.9 Å². The van der Waals surface area contributed by atoms with Crippen molar-refractivity contribution in [3.63, 3.8) is 0 Å². The maximum absolute atomic E-state index is 13.3. The molecule has 0 unspecified atom stereocenters. The number of carbonyl (C=O) groups excluding carboxylic acids is 1. The van der Waals surface area contributed by atoms with Crippen LogP contribution < -0.4 is 0 Å². The van der Waals surface area contributed by atoms with Crippen LogP contribution in [0.25, 0.3) is 22.3 Å². The van der Waals surface area contributed by atoms with Crippen molar-refractivity contribution in [2.75, 3.05) is 13.1 Å². The van der Waals surface area contributed by atoms with E-state index in [9.17, 15) is 4.79 Å². The number of hydrogen-bond acceptors (Lipinski definition) is 3. The van der Waals surface area contributed by atoms with Crippen LogP contribution in [0.1, 0.15) is 35.7 Å². The van der Waals surface area contributed by atoms with Gasteiger partial charge in [-0.25, -0.2) is 4.98 Å². The number of pyridine rings is 2. The van der Waals surface area contributed by atoms with Crippen molar-refractivity contribution in [3.05, 3.63) is 58.7 Å². The molecular weight excluding hydrogens is 358 g/mol. The SMILES string of the molecule is Cc1c(Cl)ccc2c(C(=O)N3CCC(C)CC3)cc(-c3ccccn3)nc12. The number of benzene rings is 1. The van der Waals surface area contributed by atoms with E-state index >= 15 is 0 Å². The molecule has 0 spiro atoms. The van der Waals surface area contributed by atoms with Crippen molar-refractivity contribution in [1.29, 1.82) is 0 Å². The fourth-order valence-corrected chi connectivity index (χ4v) is 3.76. The summed E-state index contributed by atoms with van der Waals surface area (Å²) in [5, 5.41) is 1.50. The Kier molecular flexibility index (Phi) is 4.83. The van der Waals surface area contributed by atoms with Gasteiger partial charge in [-0.1, -0.05) is 30.7 Å². The minimum atomic E-state index is 0.0632. The van der Waals surface area contributed by atoms with Gasteiger partial charge in [0, 0.05) is 29.7 Å². The zero-order valence-electron chi connectivity index (χ0n) is 15.6. The van der Waals surface area contributed by atoms with Gasteiger partial charge >= 0.3 is 0 Å². The summed E-state index contributed by atoms with van der Waals surface area (Å²) in [5.41, 5.74) is 3.77. The molecule has 3 aromatic rings. The maximum Gasteiger partial charge on any atom is 0.254 e. The van der Waals surface area contributed by atoms with Crippen molar-refractivity contribution in [3.8, 4) is 11.4 Å². The lowest BCUT2D eigenvalue weighted by Gasteiger charge is -2.30. The molecule has 4 nitrogen and oxygen atoms in total. The second-order valence-electron chi connectivity index (χ2n) is 7.31. The second kappa shape index (κ2) is 7.28. The Morgan fingerprint density at radius 2 is 1.93 bits per heavy atom. The van der Waals surface area contributed by atoms with Crippen LogP contribution in [0.4, 0.5) is 0 Å². The number of nitrogens with zero attached hydrogens (tertiary/aromatic N) is 3. The number of likely N-dealkylation sites (tertiary alicyclic amines) is 1. The molecule has 0 radical (unpaired) electrons. The average Bonchev–Trinajstić information content (AvgIpc) is 2.71. The first-order valence-electron chi connectivity index (χ1n) is 9.35. The highest BCUT2D eigenvalue weighted by Crippen LogP contribution is 2.31. The number of halogens is 1. The molecule has 0 bridgehead atoms. The number of fused-ring (bicyclic) bond motifs is 1. The summed E-state index contributed by atoms with van der Waals surface area (Å²) in [6.45, 7) is 5.79. The molecule has 0 N–H and O–H groups in total. The topological polar surface area (TPSA) is 46.1 Å². The summed E-state index contributed by atoms with van der Waals surface area (Å²) in [4.78, 5) is 24.5. The highest BCUT2D eigenvalue weighted by atomic mass is 35.5. The van der Waals surface area contributed by atoms with Crippen LogP contribution in [-0.2, 0) is 0 Å². The van der Waals surface area contributed by atoms with E-state index in [4.69, 9.17) is 16.6 Å². The Hall–Kier alpha value is -2.46. The molecule has 0 saturated carbocycles. The number of aromatic nitrogens is 2. The van der Waals surface area contributed by atoms with Gasteiger partial charge in [-0.15, -0.1) is 0 Å². The molecule has 1 aromatic carbocycles. The van der Waals surface area contributed by atoms with Crippen LogP contribution in [0.15, 0.2) is 42.6 Å². The molecule has 0 aliphatic carbocycles. The second-order valence-corrected chi connectivity index (χ2v) is 7.72. The van der Waals surface area contributed by atoms with E-state index < -0.39 is 0 Å². The Morgan fingerprint density at radius 3 is 2.63 bits per heavy atom. The Bertz CT molecular complexity index is 995. The highest BCUT2D eigenvalue weighted by molar-refractivity contribution is 6.32. The monoisotopic (exact) mass is 379 g/mol. The van der Waals surface area contributed by atoms with E-state index in [1.54, 1.807) is 6.20 Å². The largest absolute Gasteiger partial charge is 0.339 e. The lowest BCUT2D eigenvalue weighted by Crippen LogP contribution is -2.38. The third-order valence-corrected chi connectivity index (χ3v) is 5.81. The lowest BCUT2D eigenvalue weighted by atomic mass is 9.97. The van der Waals surface area contributed by atoms with E-state index in [1.165, 1.54) is 0 Å². The molecular formula is C22H22ClN3O. The Balaban J connectivity index is 1.87. The fourth-order valence-electron chi connectivity index (χ4n) is 3.61. The van der Waals surface area contributed by atoms with Gasteiger partial charge in [-0.05, 0) is 55.5 Å². The predicted octanol–water partition coefficient (Wildman–Crippen LogP) is 5.13.